The summed E-state index contributed by atoms with van der Waals surface area (Å²) in [5.74, 6) is -3.50. The molecule has 2 aromatic carbocycles. The lowest BCUT2D eigenvalue weighted by molar-refractivity contribution is -0.153. The first-order chi connectivity index (χ1) is 18.0. The SMILES string of the molecule is O=C(O)CC[C@H]1C(=O)N2[C@@H](Cc3ccccc3)C(=O)N(CCC(=O)O)C[C@@H]2N1S(=O)(=O)c1ccc(Cl)cc1. The third-order valence-electron chi connectivity index (χ3n) is 6.67. The number of halogens is 1. The number of fused-ring (bicyclic) bond motifs is 1. The lowest BCUT2D eigenvalue weighted by Gasteiger charge is -2.44. The van der Waals surface area contributed by atoms with Gasteiger partial charge in [0.1, 0.15) is 18.2 Å². The average Bonchev–Trinajstić information content (AvgIpc) is 3.15. The van der Waals surface area contributed by atoms with Gasteiger partial charge in [-0.15, -0.1) is 0 Å². The van der Waals surface area contributed by atoms with Crippen molar-refractivity contribution in [3.8, 4) is 0 Å². The number of piperazine rings is 1. The molecule has 2 aliphatic heterocycles. The van der Waals surface area contributed by atoms with Gasteiger partial charge >= 0.3 is 11.9 Å². The predicted octanol–water partition coefficient (Wildman–Crippen LogP) is 1.66. The van der Waals surface area contributed by atoms with Crippen LogP contribution in [0.1, 0.15) is 24.8 Å². The van der Waals surface area contributed by atoms with E-state index in [0.717, 1.165) is 9.87 Å². The Labute approximate surface area is 224 Å². The van der Waals surface area contributed by atoms with Crippen LogP contribution in [-0.2, 0) is 35.6 Å². The number of hydrogen-bond donors (Lipinski definition) is 2. The smallest absolute Gasteiger partial charge is 0.305 e. The third kappa shape index (κ3) is 5.52. The second kappa shape index (κ2) is 11.1. The fraction of sp³-hybridized carbons (Fsp3) is 0.360. The molecule has 0 unspecified atom stereocenters. The van der Waals surface area contributed by atoms with Gasteiger partial charge in [0.2, 0.25) is 21.8 Å². The Morgan fingerprint density at radius 3 is 2.13 bits per heavy atom. The molecular formula is C25H26ClN3O8S. The average molecular weight is 564 g/mol. The van der Waals surface area contributed by atoms with Gasteiger partial charge in [0.05, 0.1) is 17.9 Å². The number of amides is 2. The first kappa shape index (κ1) is 27.6. The molecule has 0 bridgehead atoms. The van der Waals surface area contributed by atoms with E-state index in [4.69, 9.17) is 11.6 Å². The van der Waals surface area contributed by atoms with Crippen LogP contribution < -0.4 is 0 Å². The lowest BCUT2D eigenvalue weighted by Crippen LogP contribution is -2.64. The minimum Gasteiger partial charge on any atom is -0.481 e. The summed E-state index contributed by atoms with van der Waals surface area (Å²) in [7, 11) is -4.36. The Bertz CT molecular complexity index is 1340. The van der Waals surface area contributed by atoms with Gasteiger partial charge in [-0.25, -0.2) is 8.42 Å². The number of carbonyl (C=O) groups is 4. The molecule has 13 heteroatoms. The zero-order chi connectivity index (χ0) is 27.6. The Kier molecular flexibility index (Phi) is 8.05. The summed E-state index contributed by atoms with van der Waals surface area (Å²) >= 11 is 5.93. The summed E-state index contributed by atoms with van der Waals surface area (Å²) in [5, 5.41) is 18.8. The fourth-order valence-corrected chi connectivity index (χ4v) is 6.80. The van der Waals surface area contributed by atoms with Crippen molar-refractivity contribution < 1.29 is 37.8 Å². The number of carboxylic acid groups (broad SMARTS) is 2. The molecule has 0 aromatic heterocycles. The monoisotopic (exact) mass is 563 g/mol. The van der Waals surface area contributed by atoms with Crippen LogP contribution in [0.15, 0.2) is 59.5 Å². The van der Waals surface area contributed by atoms with Gasteiger partial charge in [-0.1, -0.05) is 41.9 Å². The lowest BCUT2D eigenvalue weighted by atomic mass is 10.00. The first-order valence-corrected chi connectivity index (χ1v) is 13.7. The van der Waals surface area contributed by atoms with Crippen molar-refractivity contribution in [2.24, 2.45) is 0 Å². The number of sulfonamides is 1. The number of rotatable bonds is 10. The van der Waals surface area contributed by atoms with Gasteiger partial charge in [0.25, 0.3) is 0 Å². The van der Waals surface area contributed by atoms with Crippen LogP contribution in [0.3, 0.4) is 0 Å². The molecule has 0 spiro atoms. The van der Waals surface area contributed by atoms with E-state index >= 15 is 0 Å². The molecule has 2 N–H and O–H groups in total. The fourth-order valence-electron chi connectivity index (χ4n) is 4.93. The maximum absolute atomic E-state index is 13.9. The third-order valence-corrected chi connectivity index (χ3v) is 8.84. The Balaban J connectivity index is 1.80. The van der Waals surface area contributed by atoms with Crippen molar-refractivity contribution in [3.05, 3.63) is 65.2 Å². The largest absolute Gasteiger partial charge is 0.481 e. The van der Waals surface area contributed by atoms with Crippen LogP contribution >= 0.6 is 11.6 Å². The van der Waals surface area contributed by atoms with Crippen LogP contribution in [0.5, 0.6) is 0 Å². The van der Waals surface area contributed by atoms with Crippen molar-refractivity contribution >= 4 is 45.4 Å². The number of benzene rings is 2. The summed E-state index contributed by atoms with van der Waals surface area (Å²) in [6, 6.07) is 11.7. The maximum atomic E-state index is 13.9. The number of aliphatic carboxylic acids is 2. The molecule has 2 aliphatic rings. The summed E-state index contributed by atoms with van der Waals surface area (Å²) in [4.78, 5) is 52.3. The van der Waals surface area contributed by atoms with Crippen molar-refractivity contribution in [3.63, 3.8) is 0 Å². The molecule has 3 atom stereocenters. The summed E-state index contributed by atoms with van der Waals surface area (Å²) in [6.07, 6.45) is -2.20. The molecule has 2 heterocycles. The van der Waals surface area contributed by atoms with Gasteiger partial charge in [-0.05, 0) is 36.2 Å². The van der Waals surface area contributed by atoms with Gasteiger partial charge < -0.3 is 20.0 Å². The van der Waals surface area contributed by atoms with E-state index in [1.165, 1.54) is 34.1 Å². The zero-order valence-electron chi connectivity index (χ0n) is 20.1. The predicted molar refractivity (Wildman–Crippen MR) is 135 cm³/mol. The minimum absolute atomic E-state index is 0.0754. The molecule has 38 heavy (non-hydrogen) atoms. The van der Waals surface area contributed by atoms with Gasteiger partial charge in [0.15, 0.2) is 0 Å². The molecule has 2 fully saturated rings. The molecular weight excluding hydrogens is 538 g/mol. The van der Waals surface area contributed by atoms with E-state index in [-0.39, 0.29) is 37.2 Å². The number of carbonyl (C=O) groups excluding carboxylic acids is 2. The highest BCUT2D eigenvalue weighted by Crippen LogP contribution is 2.37. The molecule has 0 saturated carbocycles. The Morgan fingerprint density at radius 1 is 0.895 bits per heavy atom. The van der Waals surface area contributed by atoms with E-state index in [0.29, 0.717) is 5.02 Å². The molecule has 11 nitrogen and oxygen atoms in total. The highest BCUT2D eigenvalue weighted by molar-refractivity contribution is 7.89. The van der Waals surface area contributed by atoms with E-state index < -0.39 is 58.4 Å². The normalized spacial score (nSPS) is 22.0. The Hall–Kier alpha value is -3.48. The number of hydrogen-bond acceptors (Lipinski definition) is 6. The summed E-state index contributed by atoms with van der Waals surface area (Å²) in [5.41, 5.74) is 0.721. The van der Waals surface area contributed by atoms with Crippen molar-refractivity contribution in [1.82, 2.24) is 14.1 Å². The highest BCUT2D eigenvalue weighted by Gasteiger charge is 2.58. The number of nitrogens with zero attached hydrogens (tertiary/aromatic N) is 3. The van der Waals surface area contributed by atoms with Crippen LogP contribution in [-0.4, -0.2) is 87.8 Å². The zero-order valence-corrected chi connectivity index (χ0v) is 21.7. The van der Waals surface area contributed by atoms with E-state index in [1.54, 1.807) is 30.3 Å². The first-order valence-electron chi connectivity index (χ1n) is 11.9. The van der Waals surface area contributed by atoms with Crippen molar-refractivity contribution in [2.45, 2.75) is 48.8 Å². The van der Waals surface area contributed by atoms with Crippen LogP contribution in [0.25, 0.3) is 0 Å². The second-order valence-electron chi connectivity index (χ2n) is 9.10. The molecule has 202 valence electrons. The minimum atomic E-state index is -4.36. The molecule has 2 aromatic rings. The van der Waals surface area contributed by atoms with Crippen molar-refractivity contribution in [2.75, 3.05) is 13.1 Å². The molecule has 0 aliphatic carbocycles. The number of carboxylic acids is 2. The quantitative estimate of drug-likeness (QED) is 0.442. The van der Waals surface area contributed by atoms with Crippen LogP contribution in [0, 0.1) is 0 Å². The molecule has 0 radical (unpaired) electrons. The van der Waals surface area contributed by atoms with E-state index in [1.807, 2.05) is 0 Å². The molecule has 4 rings (SSSR count). The van der Waals surface area contributed by atoms with Gasteiger partial charge in [0, 0.05) is 24.4 Å². The van der Waals surface area contributed by atoms with E-state index in [2.05, 4.69) is 0 Å². The molecule has 2 amide bonds. The van der Waals surface area contributed by atoms with Crippen molar-refractivity contribution in [1.29, 1.82) is 0 Å². The standard InChI is InChI=1S/C25H26ClN3O8S/c26-17-6-8-18(9-7-17)38(36,37)29-19(10-11-22(30)31)25(35)28-20(14-16-4-2-1-3-5-16)24(34)27(15-21(28)29)13-12-23(32)33/h1-9,19-21H,10-15H2,(H,30,31)(H,32,33)/t19-,20-,21-/m0/s1. The topological polar surface area (TPSA) is 153 Å². The Morgan fingerprint density at radius 2 is 1.53 bits per heavy atom. The van der Waals surface area contributed by atoms with Gasteiger partial charge in [-0.2, -0.15) is 4.31 Å². The second-order valence-corrected chi connectivity index (χ2v) is 11.4. The summed E-state index contributed by atoms with van der Waals surface area (Å²) < 4.78 is 28.7. The highest BCUT2D eigenvalue weighted by atomic mass is 35.5. The maximum Gasteiger partial charge on any atom is 0.305 e. The van der Waals surface area contributed by atoms with Crippen LogP contribution in [0.2, 0.25) is 5.02 Å². The van der Waals surface area contributed by atoms with Gasteiger partial charge in [-0.3, -0.25) is 19.2 Å². The summed E-state index contributed by atoms with van der Waals surface area (Å²) in [6.45, 7) is -0.424. The molecule has 2 saturated heterocycles. The van der Waals surface area contributed by atoms with E-state index in [9.17, 15) is 37.8 Å². The van der Waals surface area contributed by atoms with Crippen LogP contribution in [0.4, 0.5) is 0 Å².